The summed E-state index contributed by atoms with van der Waals surface area (Å²) in [5, 5.41) is 2.93. The molecule has 1 aliphatic heterocycles. The van der Waals surface area contributed by atoms with E-state index in [-0.39, 0.29) is 12.5 Å². The molecular weight excluding hydrogens is 266 g/mol. The van der Waals surface area contributed by atoms with Crippen LogP contribution in [0.2, 0.25) is 0 Å². The number of carbonyl (C=O) groups excluding carboxylic acids is 1. The van der Waals surface area contributed by atoms with Gasteiger partial charge in [-0.2, -0.15) is 0 Å². The van der Waals surface area contributed by atoms with Gasteiger partial charge in [0.1, 0.15) is 5.75 Å². The van der Waals surface area contributed by atoms with Gasteiger partial charge in [0.05, 0.1) is 0 Å². The fourth-order valence-corrected chi connectivity index (χ4v) is 2.61. The van der Waals surface area contributed by atoms with E-state index in [1.807, 2.05) is 26.0 Å². The lowest BCUT2D eigenvalue weighted by atomic mass is 9.97. The molecule has 0 saturated carbocycles. The summed E-state index contributed by atoms with van der Waals surface area (Å²) in [5.74, 6) is 1.40. The monoisotopic (exact) mass is 291 g/mol. The number of ether oxygens (including phenoxy) is 2. The molecule has 0 spiro atoms. The minimum atomic E-state index is -0.0537. The average molecular weight is 291 g/mol. The van der Waals surface area contributed by atoms with Crippen molar-refractivity contribution in [1.82, 2.24) is 5.32 Å². The van der Waals surface area contributed by atoms with Crippen LogP contribution in [0.25, 0.3) is 0 Å². The Bertz CT molecular complexity index is 467. The van der Waals surface area contributed by atoms with Crippen molar-refractivity contribution in [2.75, 3.05) is 26.4 Å². The molecule has 1 aliphatic rings. The maximum Gasteiger partial charge on any atom is 0.257 e. The molecule has 0 atom stereocenters. The van der Waals surface area contributed by atoms with E-state index in [9.17, 15) is 4.79 Å². The molecule has 0 bridgehead atoms. The average Bonchev–Trinajstić information content (AvgIpc) is 2.47. The summed E-state index contributed by atoms with van der Waals surface area (Å²) >= 11 is 0. The fourth-order valence-electron chi connectivity index (χ4n) is 2.61. The second-order valence-corrected chi connectivity index (χ2v) is 5.75. The molecule has 1 fully saturated rings. The van der Waals surface area contributed by atoms with Crippen LogP contribution in [0.5, 0.6) is 5.75 Å². The highest BCUT2D eigenvalue weighted by molar-refractivity contribution is 5.77. The number of benzene rings is 1. The van der Waals surface area contributed by atoms with E-state index < -0.39 is 0 Å². The SMILES string of the molecule is Cc1ccc(OCC(=O)NCCC2CCOCC2)c(C)c1. The van der Waals surface area contributed by atoms with Crippen molar-refractivity contribution < 1.29 is 14.3 Å². The van der Waals surface area contributed by atoms with Gasteiger partial charge in [0.15, 0.2) is 6.61 Å². The highest BCUT2D eigenvalue weighted by atomic mass is 16.5. The summed E-state index contributed by atoms with van der Waals surface area (Å²) in [6.45, 7) is 6.55. The molecule has 1 heterocycles. The van der Waals surface area contributed by atoms with Crippen LogP contribution >= 0.6 is 0 Å². The van der Waals surface area contributed by atoms with E-state index in [0.29, 0.717) is 5.92 Å². The number of nitrogens with one attached hydrogen (secondary N) is 1. The second-order valence-electron chi connectivity index (χ2n) is 5.75. The van der Waals surface area contributed by atoms with Gasteiger partial charge in [0, 0.05) is 19.8 Å². The van der Waals surface area contributed by atoms with E-state index in [0.717, 1.165) is 50.3 Å². The largest absolute Gasteiger partial charge is 0.484 e. The molecule has 1 aromatic carbocycles. The van der Waals surface area contributed by atoms with Crippen LogP contribution in [0.4, 0.5) is 0 Å². The standard InChI is InChI=1S/C17H25NO3/c1-13-3-4-16(14(2)11-13)21-12-17(19)18-8-5-15-6-9-20-10-7-15/h3-4,11,15H,5-10,12H2,1-2H3,(H,18,19). The van der Waals surface area contributed by atoms with E-state index >= 15 is 0 Å². The lowest BCUT2D eigenvalue weighted by molar-refractivity contribution is -0.123. The van der Waals surface area contributed by atoms with Crippen molar-refractivity contribution in [2.24, 2.45) is 5.92 Å². The first-order chi connectivity index (χ1) is 10.1. The molecule has 1 aromatic rings. The maximum absolute atomic E-state index is 11.8. The van der Waals surface area contributed by atoms with Crippen LogP contribution in [0.1, 0.15) is 30.4 Å². The Balaban J connectivity index is 1.65. The van der Waals surface area contributed by atoms with Crippen LogP contribution in [0.3, 0.4) is 0 Å². The summed E-state index contributed by atoms with van der Waals surface area (Å²) in [4.78, 5) is 11.8. The number of hydrogen-bond acceptors (Lipinski definition) is 3. The zero-order valence-electron chi connectivity index (χ0n) is 13.0. The number of amides is 1. The summed E-state index contributed by atoms with van der Waals surface area (Å²) in [7, 11) is 0. The third-order valence-electron chi connectivity index (χ3n) is 3.90. The fraction of sp³-hybridized carbons (Fsp3) is 0.588. The third-order valence-corrected chi connectivity index (χ3v) is 3.90. The first-order valence-electron chi connectivity index (χ1n) is 7.69. The van der Waals surface area contributed by atoms with Gasteiger partial charge >= 0.3 is 0 Å². The molecule has 2 rings (SSSR count). The molecule has 0 radical (unpaired) electrons. The molecule has 0 aliphatic carbocycles. The van der Waals surface area contributed by atoms with Crippen LogP contribution < -0.4 is 10.1 Å². The summed E-state index contributed by atoms with van der Waals surface area (Å²) in [5.41, 5.74) is 2.26. The molecule has 21 heavy (non-hydrogen) atoms. The minimum Gasteiger partial charge on any atom is -0.484 e. The second kappa shape index (κ2) is 8.03. The molecular formula is C17H25NO3. The van der Waals surface area contributed by atoms with Gasteiger partial charge in [0.2, 0.25) is 0 Å². The lowest BCUT2D eigenvalue weighted by Gasteiger charge is -2.21. The number of rotatable bonds is 6. The van der Waals surface area contributed by atoms with Gasteiger partial charge in [-0.25, -0.2) is 0 Å². The normalized spacial score (nSPS) is 15.7. The molecule has 1 N–H and O–H groups in total. The van der Waals surface area contributed by atoms with Crippen LogP contribution in [-0.2, 0) is 9.53 Å². The molecule has 116 valence electrons. The number of carbonyl (C=O) groups is 1. The zero-order chi connectivity index (χ0) is 15.1. The maximum atomic E-state index is 11.8. The van der Waals surface area contributed by atoms with Gasteiger partial charge in [-0.15, -0.1) is 0 Å². The summed E-state index contributed by atoms with van der Waals surface area (Å²) < 4.78 is 10.9. The minimum absolute atomic E-state index is 0.0537. The van der Waals surface area contributed by atoms with Crippen LogP contribution in [0.15, 0.2) is 18.2 Å². The van der Waals surface area contributed by atoms with Crippen molar-refractivity contribution in [3.63, 3.8) is 0 Å². The first-order valence-corrected chi connectivity index (χ1v) is 7.69. The van der Waals surface area contributed by atoms with Gasteiger partial charge in [-0.1, -0.05) is 17.7 Å². The Morgan fingerprint density at radius 3 is 2.81 bits per heavy atom. The highest BCUT2D eigenvalue weighted by Crippen LogP contribution is 2.19. The Morgan fingerprint density at radius 2 is 2.10 bits per heavy atom. The van der Waals surface area contributed by atoms with Crippen molar-refractivity contribution in [3.8, 4) is 5.75 Å². The zero-order valence-corrected chi connectivity index (χ0v) is 13.0. The molecule has 1 saturated heterocycles. The van der Waals surface area contributed by atoms with E-state index in [1.54, 1.807) is 0 Å². The number of hydrogen-bond donors (Lipinski definition) is 1. The lowest BCUT2D eigenvalue weighted by Crippen LogP contribution is -2.31. The quantitative estimate of drug-likeness (QED) is 0.876. The predicted octanol–water partition coefficient (Wildman–Crippen LogP) is 2.62. The Labute approximate surface area is 126 Å². The Morgan fingerprint density at radius 1 is 1.33 bits per heavy atom. The first kappa shape index (κ1) is 15.8. The van der Waals surface area contributed by atoms with E-state index in [1.165, 1.54) is 5.56 Å². The topological polar surface area (TPSA) is 47.6 Å². The highest BCUT2D eigenvalue weighted by Gasteiger charge is 2.13. The molecule has 4 nitrogen and oxygen atoms in total. The van der Waals surface area contributed by atoms with Crippen LogP contribution in [-0.4, -0.2) is 32.3 Å². The molecule has 4 heteroatoms. The Hall–Kier alpha value is -1.55. The van der Waals surface area contributed by atoms with Gasteiger partial charge in [0.25, 0.3) is 5.91 Å². The Kier molecular flexibility index (Phi) is 6.05. The third kappa shape index (κ3) is 5.38. The van der Waals surface area contributed by atoms with Crippen molar-refractivity contribution >= 4 is 5.91 Å². The van der Waals surface area contributed by atoms with Gasteiger partial charge < -0.3 is 14.8 Å². The van der Waals surface area contributed by atoms with Crippen molar-refractivity contribution in [2.45, 2.75) is 33.1 Å². The predicted molar refractivity (Wildman–Crippen MR) is 82.6 cm³/mol. The molecule has 0 aromatic heterocycles. The van der Waals surface area contributed by atoms with Crippen molar-refractivity contribution in [3.05, 3.63) is 29.3 Å². The molecule has 0 unspecified atom stereocenters. The summed E-state index contributed by atoms with van der Waals surface area (Å²) in [6.07, 6.45) is 3.24. The molecule has 1 amide bonds. The smallest absolute Gasteiger partial charge is 0.257 e. The van der Waals surface area contributed by atoms with Gasteiger partial charge in [-0.05, 0) is 50.7 Å². The summed E-state index contributed by atoms with van der Waals surface area (Å²) in [6, 6.07) is 5.96. The van der Waals surface area contributed by atoms with Gasteiger partial charge in [-0.3, -0.25) is 4.79 Å². The number of aryl methyl sites for hydroxylation is 2. The van der Waals surface area contributed by atoms with E-state index in [2.05, 4.69) is 11.4 Å². The van der Waals surface area contributed by atoms with E-state index in [4.69, 9.17) is 9.47 Å². The van der Waals surface area contributed by atoms with Crippen molar-refractivity contribution in [1.29, 1.82) is 0 Å². The van der Waals surface area contributed by atoms with Crippen LogP contribution in [0, 0.1) is 19.8 Å².